The zero-order chi connectivity index (χ0) is 15.5. The van der Waals surface area contributed by atoms with Crippen molar-refractivity contribution in [1.82, 2.24) is 0 Å². The minimum Gasteiger partial charge on any atom is -0.278 e. The van der Waals surface area contributed by atoms with Crippen molar-refractivity contribution < 1.29 is 13.2 Å². The molecule has 2 rings (SSSR count). The number of alkyl halides is 3. The smallest absolute Gasteiger partial charge is 0.278 e. The molecule has 0 atom stereocenters. The lowest BCUT2D eigenvalue weighted by molar-refractivity contribution is -0.137. The van der Waals surface area contributed by atoms with Gasteiger partial charge in [-0.05, 0) is 35.9 Å². The molecule has 0 aliphatic carbocycles. The predicted octanol–water partition coefficient (Wildman–Crippen LogP) is 5.46. The summed E-state index contributed by atoms with van der Waals surface area (Å²) in [5.41, 5.74) is 2.85. The Labute approximate surface area is 129 Å². The van der Waals surface area contributed by atoms with Crippen molar-refractivity contribution in [2.24, 2.45) is 5.10 Å². The van der Waals surface area contributed by atoms with Gasteiger partial charge in [0, 0.05) is 0 Å². The number of rotatable bonds is 3. The van der Waals surface area contributed by atoms with Crippen molar-refractivity contribution in [3.05, 3.63) is 63.6 Å². The molecular weight excluding hydrogens is 324 g/mol. The van der Waals surface area contributed by atoms with Gasteiger partial charge < -0.3 is 0 Å². The molecule has 0 saturated heterocycles. The Kier molecular flexibility index (Phi) is 4.75. The van der Waals surface area contributed by atoms with Crippen molar-refractivity contribution in [3.8, 4) is 0 Å². The molecule has 0 heterocycles. The zero-order valence-electron chi connectivity index (χ0n) is 10.5. The third-order valence-corrected chi connectivity index (χ3v) is 3.28. The summed E-state index contributed by atoms with van der Waals surface area (Å²) >= 11 is 11.6. The highest BCUT2D eigenvalue weighted by atomic mass is 35.5. The standard InChI is InChI=1S/C14H9Cl2F3N2/c15-12-5-4-11(7-13(12)16)21-20-8-9-2-1-3-10(6-9)14(17,18)19/h1-8,21H. The van der Waals surface area contributed by atoms with Crippen LogP contribution in [-0.2, 0) is 6.18 Å². The van der Waals surface area contributed by atoms with Gasteiger partial charge in [-0.2, -0.15) is 18.3 Å². The molecule has 0 aliphatic heterocycles. The van der Waals surface area contributed by atoms with Gasteiger partial charge in [-0.3, -0.25) is 5.43 Å². The Morgan fingerprint density at radius 1 is 1.00 bits per heavy atom. The van der Waals surface area contributed by atoms with Crippen LogP contribution in [0.3, 0.4) is 0 Å². The molecule has 0 unspecified atom stereocenters. The highest BCUT2D eigenvalue weighted by molar-refractivity contribution is 6.42. The van der Waals surface area contributed by atoms with Gasteiger partial charge in [0.2, 0.25) is 0 Å². The maximum atomic E-state index is 12.5. The number of halogens is 5. The molecular formula is C14H9Cl2F3N2. The van der Waals surface area contributed by atoms with Crippen LogP contribution in [0.15, 0.2) is 47.6 Å². The lowest BCUT2D eigenvalue weighted by atomic mass is 10.1. The summed E-state index contributed by atoms with van der Waals surface area (Å²) in [7, 11) is 0. The second-order valence-corrected chi connectivity index (χ2v) is 4.94. The van der Waals surface area contributed by atoms with Crippen molar-refractivity contribution in [2.45, 2.75) is 6.18 Å². The molecule has 0 spiro atoms. The van der Waals surface area contributed by atoms with E-state index in [2.05, 4.69) is 10.5 Å². The highest BCUT2D eigenvalue weighted by Crippen LogP contribution is 2.29. The molecule has 2 nitrogen and oxygen atoms in total. The van der Waals surface area contributed by atoms with E-state index in [1.165, 1.54) is 18.3 Å². The summed E-state index contributed by atoms with van der Waals surface area (Å²) in [6.07, 6.45) is -3.08. The molecule has 2 aromatic carbocycles. The minimum atomic E-state index is -4.37. The minimum absolute atomic E-state index is 0.331. The number of benzene rings is 2. The monoisotopic (exact) mass is 332 g/mol. The molecule has 0 radical (unpaired) electrons. The van der Waals surface area contributed by atoms with E-state index in [0.29, 0.717) is 21.3 Å². The summed E-state index contributed by atoms with van der Waals surface area (Å²) in [5.74, 6) is 0. The highest BCUT2D eigenvalue weighted by Gasteiger charge is 2.30. The first-order valence-corrected chi connectivity index (χ1v) is 6.53. The average Bonchev–Trinajstić information content (AvgIpc) is 2.42. The van der Waals surface area contributed by atoms with E-state index in [4.69, 9.17) is 23.2 Å². The van der Waals surface area contributed by atoms with Gasteiger partial charge in [0.1, 0.15) is 0 Å². The first-order valence-electron chi connectivity index (χ1n) is 5.77. The largest absolute Gasteiger partial charge is 0.416 e. The van der Waals surface area contributed by atoms with Crippen molar-refractivity contribution >= 4 is 35.1 Å². The van der Waals surface area contributed by atoms with E-state index in [0.717, 1.165) is 12.1 Å². The summed E-state index contributed by atoms with van der Waals surface area (Å²) < 4.78 is 37.6. The molecule has 0 saturated carbocycles. The molecule has 21 heavy (non-hydrogen) atoms. The molecule has 0 aromatic heterocycles. The van der Waals surface area contributed by atoms with Crippen molar-refractivity contribution in [2.75, 3.05) is 5.43 Å². The van der Waals surface area contributed by atoms with E-state index >= 15 is 0 Å². The van der Waals surface area contributed by atoms with Crippen LogP contribution >= 0.6 is 23.2 Å². The topological polar surface area (TPSA) is 24.4 Å². The van der Waals surface area contributed by atoms with E-state index in [-0.39, 0.29) is 0 Å². The normalized spacial score (nSPS) is 11.9. The average molecular weight is 333 g/mol. The molecule has 0 fully saturated rings. The maximum absolute atomic E-state index is 12.5. The van der Waals surface area contributed by atoms with Gasteiger partial charge in [-0.1, -0.05) is 35.3 Å². The van der Waals surface area contributed by atoms with Crippen LogP contribution in [0.2, 0.25) is 10.0 Å². The molecule has 7 heteroatoms. The van der Waals surface area contributed by atoms with Gasteiger partial charge in [0.15, 0.2) is 0 Å². The second-order valence-electron chi connectivity index (χ2n) is 4.12. The summed E-state index contributed by atoms with van der Waals surface area (Å²) in [6, 6.07) is 9.67. The van der Waals surface area contributed by atoms with Crippen molar-refractivity contribution in [1.29, 1.82) is 0 Å². The lowest BCUT2D eigenvalue weighted by Gasteiger charge is -2.06. The van der Waals surface area contributed by atoms with Gasteiger partial charge in [-0.25, -0.2) is 0 Å². The number of nitrogens with one attached hydrogen (secondary N) is 1. The van der Waals surface area contributed by atoms with Gasteiger partial charge in [0.05, 0.1) is 27.5 Å². The third-order valence-electron chi connectivity index (χ3n) is 2.54. The second kappa shape index (κ2) is 6.37. The molecule has 0 amide bonds. The van der Waals surface area contributed by atoms with Crippen LogP contribution in [0.5, 0.6) is 0 Å². The first kappa shape index (κ1) is 15.7. The Morgan fingerprint density at radius 2 is 1.76 bits per heavy atom. The van der Waals surface area contributed by atoms with Gasteiger partial charge in [-0.15, -0.1) is 0 Å². The molecule has 0 aliphatic rings. The van der Waals surface area contributed by atoms with Crippen LogP contribution in [0, 0.1) is 0 Å². The lowest BCUT2D eigenvalue weighted by Crippen LogP contribution is -2.05. The summed E-state index contributed by atoms with van der Waals surface area (Å²) in [6.45, 7) is 0. The number of hydrogen-bond acceptors (Lipinski definition) is 2. The fraction of sp³-hybridized carbons (Fsp3) is 0.0714. The Balaban J connectivity index is 2.09. The Morgan fingerprint density at radius 3 is 2.43 bits per heavy atom. The van der Waals surface area contributed by atoms with Crippen LogP contribution in [0.1, 0.15) is 11.1 Å². The Bertz CT molecular complexity index is 670. The van der Waals surface area contributed by atoms with E-state index in [1.54, 1.807) is 18.2 Å². The fourth-order valence-electron chi connectivity index (χ4n) is 1.54. The number of hydrogen-bond donors (Lipinski definition) is 1. The quantitative estimate of drug-likeness (QED) is 0.585. The van der Waals surface area contributed by atoms with Gasteiger partial charge in [0.25, 0.3) is 0 Å². The van der Waals surface area contributed by atoms with Gasteiger partial charge >= 0.3 is 6.18 Å². The molecule has 1 N–H and O–H groups in total. The van der Waals surface area contributed by atoms with Crippen LogP contribution in [0.4, 0.5) is 18.9 Å². The molecule has 2 aromatic rings. The van der Waals surface area contributed by atoms with Crippen LogP contribution < -0.4 is 5.43 Å². The predicted molar refractivity (Wildman–Crippen MR) is 79.1 cm³/mol. The zero-order valence-corrected chi connectivity index (χ0v) is 12.0. The number of anilines is 1. The van der Waals surface area contributed by atoms with Crippen LogP contribution in [0.25, 0.3) is 0 Å². The third kappa shape index (κ3) is 4.37. The van der Waals surface area contributed by atoms with Crippen molar-refractivity contribution in [3.63, 3.8) is 0 Å². The molecule has 110 valence electrons. The SMILES string of the molecule is FC(F)(F)c1cccc(C=NNc2ccc(Cl)c(Cl)c2)c1. The Hall–Kier alpha value is -1.72. The first-order chi connectivity index (χ1) is 9.86. The van der Waals surface area contributed by atoms with Crippen LogP contribution in [-0.4, -0.2) is 6.21 Å². The molecule has 0 bridgehead atoms. The maximum Gasteiger partial charge on any atom is 0.416 e. The number of hydrazone groups is 1. The number of nitrogens with zero attached hydrogens (tertiary/aromatic N) is 1. The van der Waals surface area contributed by atoms with E-state index in [1.807, 2.05) is 0 Å². The summed E-state index contributed by atoms with van der Waals surface area (Å²) in [5, 5.41) is 4.63. The van der Waals surface area contributed by atoms with E-state index in [9.17, 15) is 13.2 Å². The van der Waals surface area contributed by atoms with E-state index < -0.39 is 11.7 Å². The fourth-order valence-corrected chi connectivity index (χ4v) is 1.84. The summed E-state index contributed by atoms with van der Waals surface area (Å²) in [4.78, 5) is 0.